The third-order valence-corrected chi connectivity index (χ3v) is 2.92. The van der Waals surface area contributed by atoms with E-state index in [9.17, 15) is 0 Å². The van der Waals surface area contributed by atoms with Gasteiger partial charge in [0.25, 0.3) is 0 Å². The van der Waals surface area contributed by atoms with E-state index in [0.717, 1.165) is 18.4 Å². The van der Waals surface area contributed by atoms with Gasteiger partial charge < -0.3 is 4.74 Å². The summed E-state index contributed by atoms with van der Waals surface area (Å²) in [6.07, 6.45) is 2.11. The molecule has 2 rings (SSSR count). The van der Waals surface area contributed by atoms with Crippen LogP contribution in [0.2, 0.25) is 10.0 Å². The molecule has 0 atom stereocenters. The zero-order chi connectivity index (χ0) is 9.47. The summed E-state index contributed by atoms with van der Waals surface area (Å²) in [6.45, 7) is 0. The predicted molar refractivity (Wildman–Crippen MR) is 54.4 cm³/mol. The largest absolute Gasteiger partial charge is 0.374 e. The predicted octanol–water partition coefficient (Wildman–Crippen LogP) is 3.63. The lowest BCUT2D eigenvalue weighted by molar-refractivity contribution is 0.0789. The van der Waals surface area contributed by atoms with Gasteiger partial charge in [0, 0.05) is 17.2 Å². The molecule has 1 saturated carbocycles. The molecule has 0 N–H and O–H groups in total. The van der Waals surface area contributed by atoms with Crippen molar-refractivity contribution in [1.82, 2.24) is 0 Å². The number of hydrogen-bond acceptors (Lipinski definition) is 1. The molecular formula is C10H10Cl2O. The molecule has 70 valence electrons. The van der Waals surface area contributed by atoms with E-state index < -0.39 is 0 Å². The number of halogens is 2. The van der Waals surface area contributed by atoms with E-state index in [-0.39, 0.29) is 5.60 Å². The maximum atomic E-state index is 5.90. The van der Waals surface area contributed by atoms with Gasteiger partial charge in [0.15, 0.2) is 0 Å². The number of benzene rings is 1. The Morgan fingerprint density at radius 2 is 1.69 bits per heavy atom. The molecule has 0 amide bonds. The zero-order valence-corrected chi connectivity index (χ0v) is 8.82. The molecule has 1 fully saturated rings. The highest BCUT2D eigenvalue weighted by Gasteiger charge is 2.44. The lowest BCUT2D eigenvalue weighted by Crippen LogP contribution is -2.08. The van der Waals surface area contributed by atoms with Crippen LogP contribution in [0.25, 0.3) is 0 Å². The molecule has 0 heterocycles. The van der Waals surface area contributed by atoms with E-state index in [0.29, 0.717) is 10.0 Å². The van der Waals surface area contributed by atoms with Gasteiger partial charge in [0.1, 0.15) is 0 Å². The quantitative estimate of drug-likeness (QED) is 0.734. The Bertz CT molecular complexity index is 311. The minimum Gasteiger partial charge on any atom is -0.374 e. The molecular weight excluding hydrogens is 207 g/mol. The normalized spacial score (nSPS) is 18.7. The Morgan fingerprint density at radius 3 is 2.08 bits per heavy atom. The Morgan fingerprint density at radius 1 is 1.15 bits per heavy atom. The third kappa shape index (κ3) is 1.69. The summed E-state index contributed by atoms with van der Waals surface area (Å²) in [5.41, 5.74) is 0.988. The van der Waals surface area contributed by atoms with E-state index in [1.807, 2.05) is 12.1 Å². The maximum Gasteiger partial charge on any atom is 0.0930 e. The molecule has 0 aromatic heterocycles. The van der Waals surface area contributed by atoms with Crippen molar-refractivity contribution in [2.45, 2.75) is 18.4 Å². The van der Waals surface area contributed by atoms with E-state index in [2.05, 4.69) is 0 Å². The summed E-state index contributed by atoms with van der Waals surface area (Å²) >= 11 is 11.8. The van der Waals surface area contributed by atoms with Gasteiger partial charge in [0.05, 0.1) is 5.60 Å². The highest BCUT2D eigenvalue weighted by Crippen LogP contribution is 2.49. The second-order valence-corrected chi connectivity index (χ2v) is 4.23. The molecule has 0 unspecified atom stereocenters. The first kappa shape index (κ1) is 9.32. The summed E-state index contributed by atoms with van der Waals surface area (Å²) < 4.78 is 5.43. The highest BCUT2D eigenvalue weighted by atomic mass is 35.5. The molecule has 3 heteroatoms. The van der Waals surface area contributed by atoms with E-state index in [1.54, 1.807) is 13.2 Å². The summed E-state index contributed by atoms with van der Waals surface area (Å²) in [7, 11) is 1.72. The first-order valence-electron chi connectivity index (χ1n) is 4.18. The summed E-state index contributed by atoms with van der Waals surface area (Å²) in [4.78, 5) is 0. The van der Waals surface area contributed by atoms with Crippen molar-refractivity contribution in [2.75, 3.05) is 7.11 Å². The van der Waals surface area contributed by atoms with Gasteiger partial charge in [-0.1, -0.05) is 23.2 Å². The number of ether oxygens (including phenoxy) is 1. The van der Waals surface area contributed by atoms with Crippen LogP contribution in [0.4, 0.5) is 0 Å². The number of rotatable bonds is 2. The summed E-state index contributed by atoms with van der Waals surface area (Å²) in [5.74, 6) is 0. The topological polar surface area (TPSA) is 9.23 Å². The van der Waals surface area contributed by atoms with E-state index in [1.165, 1.54) is 0 Å². The Kier molecular flexibility index (Phi) is 2.26. The van der Waals surface area contributed by atoms with Crippen molar-refractivity contribution < 1.29 is 4.74 Å². The van der Waals surface area contributed by atoms with Gasteiger partial charge in [-0.2, -0.15) is 0 Å². The molecule has 0 saturated heterocycles. The smallest absolute Gasteiger partial charge is 0.0930 e. The van der Waals surface area contributed by atoms with Crippen LogP contribution in [0, 0.1) is 0 Å². The number of methoxy groups -OCH3 is 1. The molecule has 1 aromatic carbocycles. The van der Waals surface area contributed by atoms with Crippen molar-refractivity contribution in [1.29, 1.82) is 0 Å². The van der Waals surface area contributed by atoms with Gasteiger partial charge in [-0.15, -0.1) is 0 Å². The van der Waals surface area contributed by atoms with Crippen LogP contribution in [0.15, 0.2) is 18.2 Å². The van der Waals surface area contributed by atoms with Gasteiger partial charge >= 0.3 is 0 Å². The molecule has 1 aromatic rings. The Balaban J connectivity index is 2.40. The van der Waals surface area contributed by atoms with Crippen LogP contribution in [0.5, 0.6) is 0 Å². The van der Waals surface area contributed by atoms with Gasteiger partial charge in [-0.05, 0) is 36.6 Å². The van der Waals surface area contributed by atoms with Crippen LogP contribution in [0.3, 0.4) is 0 Å². The standard InChI is InChI=1S/C10H10Cl2O/c1-13-10(2-3-10)7-4-8(11)6-9(12)5-7/h4-6H,2-3H2,1H3. The monoisotopic (exact) mass is 216 g/mol. The molecule has 1 aliphatic rings. The Hall–Kier alpha value is -0.240. The second kappa shape index (κ2) is 3.16. The van der Waals surface area contributed by atoms with E-state index in [4.69, 9.17) is 27.9 Å². The third-order valence-electron chi connectivity index (χ3n) is 2.48. The maximum absolute atomic E-state index is 5.90. The van der Waals surface area contributed by atoms with Crippen molar-refractivity contribution in [3.05, 3.63) is 33.8 Å². The average Bonchev–Trinajstić information content (AvgIpc) is 2.82. The van der Waals surface area contributed by atoms with Crippen LogP contribution in [-0.4, -0.2) is 7.11 Å². The van der Waals surface area contributed by atoms with Crippen molar-refractivity contribution >= 4 is 23.2 Å². The first-order chi connectivity index (χ1) is 6.16. The minimum atomic E-state index is -0.103. The fourth-order valence-electron chi connectivity index (χ4n) is 1.54. The van der Waals surface area contributed by atoms with Gasteiger partial charge in [-0.3, -0.25) is 0 Å². The first-order valence-corrected chi connectivity index (χ1v) is 4.94. The van der Waals surface area contributed by atoms with Crippen LogP contribution >= 0.6 is 23.2 Å². The molecule has 1 nitrogen and oxygen atoms in total. The van der Waals surface area contributed by atoms with Crippen molar-refractivity contribution in [3.8, 4) is 0 Å². The average molecular weight is 217 g/mol. The van der Waals surface area contributed by atoms with Crippen LogP contribution in [-0.2, 0) is 10.3 Å². The fraction of sp³-hybridized carbons (Fsp3) is 0.400. The lowest BCUT2D eigenvalue weighted by Gasteiger charge is -2.14. The molecule has 13 heavy (non-hydrogen) atoms. The van der Waals surface area contributed by atoms with Crippen LogP contribution in [0.1, 0.15) is 18.4 Å². The molecule has 0 bridgehead atoms. The van der Waals surface area contributed by atoms with Gasteiger partial charge in [-0.25, -0.2) is 0 Å². The number of hydrogen-bond donors (Lipinski definition) is 0. The van der Waals surface area contributed by atoms with Crippen molar-refractivity contribution in [3.63, 3.8) is 0 Å². The molecule has 0 radical (unpaired) electrons. The second-order valence-electron chi connectivity index (χ2n) is 3.36. The van der Waals surface area contributed by atoms with Crippen molar-refractivity contribution in [2.24, 2.45) is 0 Å². The molecule has 0 aliphatic heterocycles. The lowest BCUT2D eigenvalue weighted by atomic mass is 10.1. The molecule has 1 aliphatic carbocycles. The van der Waals surface area contributed by atoms with E-state index >= 15 is 0 Å². The minimum absolute atomic E-state index is 0.103. The summed E-state index contributed by atoms with van der Waals surface area (Å²) in [6, 6.07) is 5.58. The zero-order valence-electron chi connectivity index (χ0n) is 7.31. The Labute approximate surface area is 87.6 Å². The highest BCUT2D eigenvalue weighted by molar-refractivity contribution is 6.34. The van der Waals surface area contributed by atoms with Gasteiger partial charge in [0.2, 0.25) is 0 Å². The summed E-state index contributed by atoms with van der Waals surface area (Å²) in [5, 5.41) is 1.34. The fourth-order valence-corrected chi connectivity index (χ4v) is 2.07. The van der Waals surface area contributed by atoms with Crippen LogP contribution < -0.4 is 0 Å². The SMILES string of the molecule is COC1(c2cc(Cl)cc(Cl)c2)CC1. The molecule has 0 spiro atoms.